The van der Waals surface area contributed by atoms with Crippen molar-refractivity contribution in [3.63, 3.8) is 0 Å². The molecule has 18 nitrogen and oxygen atoms in total. The van der Waals surface area contributed by atoms with Crippen LogP contribution in [-0.2, 0) is 23.1 Å². The van der Waals surface area contributed by atoms with Crippen LogP contribution >= 0.6 is 7.82 Å². The second kappa shape index (κ2) is 10.2. The molecule has 0 aliphatic carbocycles. The maximum absolute atomic E-state index is 12.7. The fourth-order valence-corrected chi connectivity index (χ4v) is 5.31. The molecule has 2 saturated heterocycles. The summed E-state index contributed by atoms with van der Waals surface area (Å²) in [6.07, 6.45) is -3.42. The van der Waals surface area contributed by atoms with Gasteiger partial charge in [0.2, 0.25) is 5.95 Å². The predicted molar refractivity (Wildman–Crippen MR) is 126 cm³/mol. The number of hydrogen-bond donors (Lipinski definition) is 6. The summed E-state index contributed by atoms with van der Waals surface area (Å²) in [5, 5.41) is 20.1. The summed E-state index contributed by atoms with van der Waals surface area (Å²) in [6.45, 7) is -1.10. The molecule has 5 heterocycles. The molecule has 0 aromatic carbocycles. The standard InChI is InChI=1S/C19H25N8O10P/c20-12-1-2-26(19(31)23-12)14-4-9(10(5-28)35-14)37-38(32,33)34-6-11-8(29)3-13(36-11)27-7-22-15-16(27)24-18(21)25-17(15)30/h1-2,7-11,13-14,28-29H,3-6H2,(H,32,33)(H2,20,23,31)(H3,21,24,25,30)/t8-,9-,10+,11+,13+,14+/m1/s1. The highest BCUT2D eigenvalue weighted by atomic mass is 31.2. The molecule has 3 aromatic heterocycles. The molecular formula is C19H25N8O10P. The van der Waals surface area contributed by atoms with Gasteiger partial charge in [0, 0.05) is 19.0 Å². The van der Waals surface area contributed by atoms with Crippen molar-refractivity contribution in [1.82, 2.24) is 29.1 Å². The normalized spacial score (nSPS) is 29.1. The van der Waals surface area contributed by atoms with Gasteiger partial charge in [-0.1, -0.05) is 0 Å². The number of rotatable bonds is 8. The SMILES string of the molecule is Nc1ccn([C@@H]2C[C@@H](OP(=O)(O)OC[C@@H]3O[C@H](n4cnc5c(=O)[nH]c(N)nc54)C[C@H]3O)[C@H](CO)O2)c(=O)n1. The van der Waals surface area contributed by atoms with Crippen molar-refractivity contribution in [3.8, 4) is 0 Å². The molecule has 2 aliphatic rings. The van der Waals surface area contributed by atoms with E-state index in [-0.39, 0.29) is 35.8 Å². The zero-order chi connectivity index (χ0) is 27.2. The third kappa shape index (κ3) is 5.20. The second-order valence-electron chi connectivity index (χ2n) is 8.71. The number of nitrogen functional groups attached to an aromatic ring is 2. The maximum atomic E-state index is 12.7. The number of phosphoric ester groups is 1. The van der Waals surface area contributed by atoms with Gasteiger partial charge in [0.05, 0.1) is 25.6 Å². The molecule has 3 aromatic rings. The Morgan fingerprint density at radius 1 is 1.16 bits per heavy atom. The van der Waals surface area contributed by atoms with Gasteiger partial charge in [-0.15, -0.1) is 0 Å². The van der Waals surface area contributed by atoms with Crippen molar-refractivity contribution in [1.29, 1.82) is 0 Å². The van der Waals surface area contributed by atoms with Crippen molar-refractivity contribution < 1.29 is 38.2 Å². The van der Waals surface area contributed by atoms with Gasteiger partial charge in [-0.3, -0.25) is 28.0 Å². The summed E-state index contributed by atoms with van der Waals surface area (Å²) in [7, 11) is -4.74. The van der Waals surface area contributed by atoms with Gasteiger partial charge >= 0.3 is 13.5 Å². The van der Waals surface area contributed by atoms with E-state index in [0.717, 1.165) is 4.57 Å². The largest absolute Gasteiger partial charge is 0.472 e. The van der Waals surface area contributed by atoms with E-state index in [9.17, 15) is 29.3 Å². The molecule has 0 saturated carbocycles. The van der Waals surface area contributed by atoms with Crippen LogP contribution in [0.1, 0.15) is 25.3 Å². The summed E-state index contributed by atoms with van der Waals surface area (Å²) in [5.74, 6) is -0.115. The zero-order valence-electron chi connectivity index (χ0n) is 19.6. The topological polar surface area (TPSA) is 265 Å². The highest BCUT2D eigenvalue weighted by Gasteiger charge is 2.43. The van der Waals surface area contributed by atoms with Gasteiger partial charge in [-0.25, -0.2) is 14.3 Å². The number of nitrogens with two attached hydrogens (primary N) is 2. The van der Waals surface area contributed by atoms with Gasteiger partial charge in [-0.2, -0.15) is 9.97 Å². The molecule has 0 spiro atoms. The Balaban J connectivity index is 1.22. The molecular weight excluding hydrogens is 531 g/mol. The molecule has 2 fully saturated rings. The first-order chi connectivity index (χ1) is 18.0. The van der Waals surface area contributed by atoms with Crippen molar-refractivity contribution in [2.24, 2.45) is 0 Å². The lowest BCUT2D eigenvalue weighted by Gasteiger charge is -2.21. The van der Waals surface area contributed by atoms with Crippen molar-refractivity contribution in [2.45, 2.75) is 49.7 Å². The molecule has 0 amide bonds. The van der Waals surface area contributed by atoms with Gasteiger partial charge < -0.3 is 36.0 Å². The number of nitrogens with one attached hydrogen (secondary N) is 1. The number of nitrogens with zero attached hydrogens (tertiary/aromatic N) is 5. The van der Waals surface area contributed by atoms with Crippen molar-refractivity contribution in [2.75, 3.05) is 24.7 Å². The number of hydrogen-bond acceptors (Lipinski definition) is 14. The van der Waals surface area contributed by atoms with Crippen LogP contribution in [0.5, 0.6) is 0 Å². The van der Waals surface area contributed by atoms with Crippen LogP contribution in [0.3, 0.4) is 0 Å². The fourth-order valence-electron chi connectivity index (χ4n) is 4.35. The van der Waals surface area contributed by atoms with E-state index in [1.807, 2.05) is 0 Å². The molecule has 0 bridgehead atoms. The smallest absolute Gasteiger partial charge is 0.394 e. The Morgan fingerprint density at radius 3 is 2.63 bits per heavy atom. The highest BCUT2D eigenvalue weighted by Crippen LogP contribution is 2.49. The molecule has 8 N–H and O–H groups in total. The minimum atomic E-state index is -4.74. The van der Waals surface area contributed by atoms with Crippen LogP contribution < -0.4 is 22.7 Å². The predicted octanol–water partition coefficient (Wildman–Crippen LogP) is -2.03. The van der Waals surface area contributed by atoms with E-state index in [0.29, 0.717) is 0 Å². The summed E-state index contributed by atoms with van der Waals surface area (Å²) >= 11 is 0. The van der Waals surface area contributed by atoms with E-state index in [2.05, 4.69) is 19.9 Å². The highest BCUT2D eigenvalue weighted by molar-refractivity contribution is 7.47. The van der Waals surface area contributed by atoms with Crippen LogP contribution in [0.4, 0.5) is 11.8 Å². The van der Waals surface area contributed by atoms with Gasteiger partial charge in [0.25, 0.3) is 5.56 Å². The average molecular weight is 556 g/mol. The number of phosphoric acid groups is 1. The quantitative estimate of drug-likeness (QED) is 0.163. The van der Waals surface area contributed by atoms with E-state index in [1.54, 1.807) is 0 Å². The Bertz CT molecular complexity index is 1490. The first-order valence-electron chi connectivity index (χ1n) is 11.4. The molecule has 5 rings (SSSR count). The van der Waals surface area contributed by atoms with E-state index >= 15 is 0 Å². The third-order valence-electron chi connectivity index (χ3n) is 6.16. The molecule has 38 heavy (non-hydrogen) atoms. The molecule has 19 heteroatoms. The Morgan fingerprint density at radius 2 is 1.89 bits per heavy atom. The average Bonchev–Trinajstić information content (AvgIpc) is 3.54. The van der Waals surface area contributed by atoms with Gasteiger partial charge in [-0.05, 0) is 6.07 Å². The van der Waals surface area contributed by atoms with Gasteiger partial charge in [0.15, 0.2) is 11.2 Å². The minimum Gasteiger partial charge on any atom is -0.394 e. The fraction of sp³-hybridized carbons (Fsp3) is 0.526. The second-order valence-corrected chi connectivity index (χ2v) is 10.1. The maximum Gasteiger partial charge on any atom is 0.472 e. The summed E-state index contributed by atoms with van der Waals surface area (Å²) in [4.78, 5) is 48.4. The molecule has 1 unspecified atom stereocenters. The van der Waals surface area contributed by atoms with Gasteiger partial charge in [0.1, 0.15) is 36.6 Å². The number of H-pyrrole nitrogens is 1. The van der Waals surface area contributed by atoms with E-state index in [4.69, 9.17) is 30.0 Å². The number of imidazole rings is 1. The minimum absolute atomic E-state index is 0.0119. The Labute approximate surface area is 212 Å². The number of aromatic nitrogens is 6. The Hall–Kier alpha value is -3.22. The van der Waals surface area contributed by atoms with Crippen molar-refractivity contribution >= 4 is 30.8 Å². The van der Waals surface area contributed by atoms with Crippen LogP contribution in [0.15, 0.2) is 28.2 Å². The number of aromatic amines is 1. The lowest BCUT2D eigenvalue weighted by molar-refractivity contribution is -0.0564. The van der Waals surface area contributed by atoms with Crippen molar-refractivity contribution in [3.05, 3.63) is 39.4 Å². The molecule has 2 aliphatic heterocycles. The zero-order valence-corrected chi connectivity index (χ0v) is 20.5. The van der Waals surface area contributed by atoms with Crippen LogP contribution in [-0.4, -0.2) is 81.8 Å². The lowest BCUT2D eigenvalue weighted by Crippen LogP contribution is -2.29. The first-order valence-corrected chi connectivity index (χ1v) is 12.9. The number of aliphatic hydroxyl groups excluding tert-OH is 2. The monoisotopic (exact) mass is 556 g/mol. The molecule has 0 radical (unpaired) electrons. The number of anilines is 2. The Kier molecular flexibility index (Phi) is 7.05. The molecule has 7 atom stereocenters. The molecule has 206 valence electrons. The summed E-state index contributed by atoms with van der Waals surface area (Å²) < 4.78 is 36.8. The number of aliphatic hydroxyl groups is 2. The number of ether oxygens (including phenoxy) is 2. The van der Waals surface area contributed by atoms with E-state index in [1.165, 1.54) is 23.2 Å². The lowest BCUT2D eigenvalue weighted by atomic mass is 10.2. The first kappa shape index (κ1) is 26.4. The van der Waals surface area contributed by atoms with Crippen LogP contribution in [0, 0.1) is 0 Å². The summed E-state index contributed by atoms with van der Waals surface area (Å²) in [5.41, 5.74) is 10.0. The van der Waals surface area contributed by atoms with Crippen LogP contribution in [0.2, 0.25) is 0 Å². The summed E-state index contributed by atoms with van der Waals surface area (Å²) in [6, 6.07) is 1.38. The van der Waals surface area contributed by atoms with Crippen LogP contribution in [0.25, 0.3) is 11.2 Å². The number of fused-ring (bicyclic) bond motifs is 1. The third-order valence-corrected chi connectivity index (χ3v) is 7.17. The van der Waals surface area contributed by atoms with E-state index < -0.39 is 69.2 Å².